The van der Waals surface area contributed by atoms with Crippen LogP contribution in [0, 0.1) is 0 Å². The summed E-state index contributed by atoms with van der Waals surface area (Å²) in [4.78, 5) is 38.5. The number of aromatic nitrogens is 6. The quantitative estimate of drug-likeness (QED) is 0.134. The molecule has 12 rings (SSSR count). The molecule has 0 radical (unpaired) electrons. The molecule has 0 saturated carbocycles. The summed E-state index contributed by atoms with van der Waals surface area (Å²) in [7, 11) is 0. The lowest BCUT2D eigenvalue weighted by Gasteiger charge is -2.41. The van der Waals surface area contributed by atoms with E-state index in [-0.39, 0.29) is 0 Å². The Morgan fingerprint density at radius 3 is 1.31 bits per heavy atom. The molecule has 2 saturated heterocycles. The van der Waals surface area contributed by atoms with E-state index in [1.54, 1.807) is 12.1 Å². The molecule has 72 heavy (non-hydrogen) atoms. The van der Waals surface area contributed by atoms with Gasteiger partial charge in [-0.3, -0.25) is 9.59 Å². The molecule has 0 unspecified atom stereocenters. The van der Waals surface area contributed by atoms with Gasteiger partial charge in [-0.15, -0.1) is 0 Å². The van der Waals surface area contributed by atoms with E-state index in [1.807, 2.05) is 107 Å². The van der Waals surface area contributed by atoms with E-state index in [4.69, 9.17) is 21.4 Å². The van der Waals surface area contributed by atoms with Gasteiger partial charge in [0.1, 0.15) is 0 Å². The van der Waals surface area contributed by atoms with Crippen LogP contribution in [0.5, 0.6) is 0 Å². The predicted octanol–water partition coefficient (Wildman–Crippen LogP) is 10.6. The van der Waals surface area contributed by atoms with Gasteiger partial charge in [0.05, 0.1) is 12.4 Å². The first-order valence-electron chi connectivity index (χ1n) is 24.8. The number of nitrogens with one attached hydrogen (secondary N) is 1. The monoisotopic (exact) mass is 951 g/mol. The van der Waals surface area contributed by atoms with E-state index in [1.165, 1.54) is 30.6 Å². The summed E-state index contributed by atoms with van der Waals surface area (Å²) < 4.78 is 3.64. The second-order valence-corrected chi connectivity index (χ2v) is 19.4. The zero-order valence-corrected chi connectivity index (χ0v) is 40.9. The normalized spacial score (nSPS) is 18.1. The number of hydrogen-bond donors (Lipinski definition) is 3. The van der Waals surface area contributed by atoms with Gasteiger partial charge in [0.2, 0.25) is 11.8 Å². The van der Waals surface area contributed by atoms with Crippen LogP contribution in [0.1, 0.15) is 67.7 Å². The Morgan fingerprint density at radius 1 is 0.472 bits per heavy atom. The number of fused-ring (bicyclic) bond motifs is 4. The van der Waals surface area contributed by atoms with Crippen LogP contribution in [0.25, 0.3) is 77.3 Å². The van der Waals surface area contributed by atoms with Crippen LogP contribution in [0.2, 0.25) is 0 Å². The lowest BCUT2D eigenvalue weighted by atomic mass is 9.96. The second kappa shape index (κ2) is 19.1. The minimum atomic E-state index is -0.438. The third-order valence-corrected chi connectivity index (χ3v) is 14.7. The first-order chi connectivity index (χ1) is 35.0. The number of nitrogens with two attached hydrogens (primary N) is 2. The highest BCUT2D eigenvalue weighted by atomic mass is 16.1. The Labute approximate surface area is 418 Å². The van der Waals surface area contributed by atoms with Crippen LogP contribution in [0.4, 0.5) is 11.4 Å². The topological polar surface area (TPSA) is 165 Å². The zero-order valence-electron chi connectivity index (χ0n) is 40.9. The number of primary amides is 2. The van der Waals surface area contributed by atoms with Crippen LogP contribution in [-0.2, 0) is 0 Å². The highest BCUT2D eigenvalue weighted by Gasteiger charge is 2.26. The fraction of sp³-hybridized carbons (Fsp3) is 0.220. The van der Waals surface area contributed by atoms with Crippen LogP contribution in [0.3, 0.4) is 0 Å². The largest absolute Gasteiger partial charge is 0.366 e. The molecule has 2 aliphatic heterocycles. The molecule has 5 N–H and O–H groups in total. The van der Waals surface area contributed by atoms with Crippen molar-refractivity contribution in [1.29, 1.82) is 0 Å². The number of carbonyl (C=O) groups excluding carboxylic acids is 2. The average molecular weight is 952 g/mol. The lowest BCUT2D eigenvalue weighted by Crippen LogP contribution is -2.55. The minimum absolute atomic E-state index is 0.435. The van der Waals surface area contributed by atoms with Crippen molar-refractivity contribution in [3.63, 3.8) is 0 Å². The summed E-state index contributed by atoms with van der Waals surface area (Å²) in [5, 5.41) is 16.3. The summed E-state index contributed by atoms with van der Waals surface area (Å²) >= 11 is 0. The molecule has 6 aromatic carbocycles. The maximum absolute atomic E-state index is 11.9. The standard InChI is InChI=1S/C30H29N5O.C29H28N6O/c1-19-6-3-7-20(2)35(19)23-14-12-21(13-15-23)22-16-32-30-28(17-33-34(30)18-22)26-10-4-9-25-24(26)8-5-11-27(25)29(31)36;1-18-13-31-14-19(2)35(18)22-11-9-20(10-12-22)21-15-32-29-27(16-33-34(29)17-21)25-7-3-6-24-23(25)5-4-8-26(24)28(30)36/h4-5,8-20H,3,6-7H2,1-2H3,(H2,31,36);3-12,15-19,31H,13-14H2,1-2H3,(H2,30,36)/t19-,20+;18-,19+. The van der Waals surface area contributed by atoms with Gasteiger partial charge in [0.25, 0.3) is 0 Å². The Morgan fingerprint density at radius 2 is 0.875 bits per heavy atom. The van der Waals surface area contributed by atoms with E-state index in [0.29, 0.717) is 35.3 Å². The van der Waals surface area contributed by atoms with Crippen molar-refractivity contribution in [3.05, 3.63) is 170 Å². The third kappa shape index (κ3) is 8.45. The molecule has 4 atom stereocenters. The average Bonchev–Trinajstić information content (AvgIpc) is 4.02. The number of carbonyl (C=O) groups is 2. The molecule has 13 nitrogen and oxygen atoms in total. The Kier molecular flexibility index (Phi) is 12.2. The fourth-order valence-electron chi connectivity index (χ4n) is 11.2. The van der Waals surface area contributed by atoms with E-state index < -0.39 is 11.8 Å². The third-order valence-electron chi connectivity index (χ3n) is 14.7. The molecule has 2 fully saturated rings. The number of hydrogen-bond acceptors (Lipinski definition) is 9. The summed E-state index contributed by atoms with van der Waals surface area (Å²) in [5.41, 5.74) is 24.2. The van der Waals surface area contributed by atoms with Gasteiger partial charge in [-0.2, -0.15) is 10.2 Å². The van der Waals surface area contributed by atoms with E-state index in [2.05, 4.69) is 102 Å². The van der Waals surface area contributed by atoms with Crippen molar-refractivity contribution < 1.29 is 9.59 Å². The van der Waals surface area contributed by atoms with Crippen molar-refractivity contribution in [2.75, 3.05) is 22.9 Å². The van der Waals surface area contributed by atoms with E-state index >= 15 is 0 Å². The van der Waals surface area contributed by atoms with Crippen molar-refractivity contribution in [3.8, 4) is 44.5 Å². The number of anilines is 2. The number of nitrogens with zero attached hydrogens (tertiary/aromatic N) is 8. The predicted molar refractivity (Wildman–Crippen MR) is 289 cm³/mol. The molecule has 360 valence electrons. The number of benzene rings is 6. The molecule has 0 spiro atoms. The van der Waals surface area contributed by atoms with Gasteiger partial charge in [-0.25, -0.2) is 19.0 Å². The number of rotatable bonds is 8. The molecule has 0 aliphatic carbocycles. The zero-order chi connectivity index (χ0) is 49.6. The van der Waals surface area contributed by atoms with Crippen LogP contribution in [0.15, 0.2) is 159 Å². The molecule has 13 heteroatoms. The molecule has 6 heterocycles. The molecule has 2 amide bonds. The number of amides is 2. The van der Waals surface area contributed by atoms with Gasteiger partial charge in [-0.1, -0.05) is 84.9 Å². The molecular weight excluding hydrogens is 895 g/mol. The van der Waals surface area contributed by atoms with Gasteiger partial charge >= 0.3 is 0 Å². The first kappa shape index (κ1) is 46.0. The van der Waals surface area contributed by atoms with Crippen molar-refractivity contribution >= 4 is 56.0 Å². The van der Waals surface area contributed by atoms with Crippen LogP contribution >= 0.6 is 0 Å². The molecule has 2 aliphatic rings. The molecule has 4 aromatic heterocycles. The summed E-state index contributed by atoms with van der Waals surface area (Å²) in [6.07, 6.45) is 15.3. The smallest absolute Gasteiger partial charge is 0.249 e. The Hall–Kier alpha value is -8.42. The van der Waals surface area contributed by atoms with E-state index in [9.17, 15) is 9.59 Å². The Bertz CT molecular complexity index is 3400. The van der Waals surface area contributed by atoms with Gasteiger partial charge in [0, 0.05) is 107 Å². The number of piperazine rings is 1. The highest BCUT2D eigenvalue weighted by Crippen LogP contribution is 2.36. The summed E-state index contributed by atoms with van der Waals surface area (Å²) in [5.74, 6) is -0.872. The summed E-state index contributed by atoms with van der Waals surface area (Å²) in [6.45, 7) is 11.1. The molecule has 10 aromatic rings. The summed E-state index contributed by atoms with van der Waals surface area (Å²) in [6, 6.07) is 42.5. The van der Waals surface area contributed by atoms with Crippen molar-refractivity contribution in [2.24, 2.45) is 11.5 Å². The van der Waals surface area contributed by atoms with Gasteiger partial charge in [0.15, 0.2) is 11.3 Å². The maximum Gasteiger partial charge on any atom is 0.249 e. The highest BCUT2D eigenvalue weighted by molar-refractivity contribution is 6.12. The minimum Gasteiger partial charge on any atom is -0.366 e. The van der Waals surface area contributed by atoms with Gasteiger partial charge < -0.3 is 26.6 Å². The molecule has 0 bridgehead atoms. The van der Waals surface area contributed by atoms with E-state index in [0.717, 1.165) is 90.4 Å². The van der Waals surface area contributed by atoms with Crippen molar-refractivity contribution in [2.45, 2.75) is 71.1 Å². The SMILES string of the molecule is C[C@@H]1CCC[C@H](C)N1c1ccc(-c2cnc3c(-c4cccc5c(C(N)=O)cccc45)cnn3c2)cc1.C[C@@H]1CNC[C@H](C)N1c1ccc(-c2cnc3c(-c4cccc5c(C(N)=O)cccc45)cnn3c2)cc1. The van der Waals surface area contributed by atoms with Crippen molar-refractivity contribution in [1.82, 2.24) is 34.5 Å². The van der Waals surface area contributed by atoms with Crippen LogP contribution in [-0.4, -0.2) is 78.3 Å². The first-order valence-corrected chi connectivity index (χ1v) is 24.8. The fourth-order valence-corrected chi connectivity index (χ4v) is 11.2. The lowest BCUT2D eigenvalue weighted by molar-refractivity contribution is 0.0993. The van der Waals surface area contributed by atoms with Gasteiger partial charge in [-0.05, 0) is 127 Å². The number of piperidine rings is 1. The molecular formula is C59H57N11O2. The Balaban J connectivity index is 0.000000156. The second-order valence-electron chi connectivity index (χ2n) is 19.4. The maximum atomic E-state index is 11.9. The van der Waals surface area contributed by atoms with Crippen LogP contribution < -0.4 is 26.6 Å².